The van der Waals surface area contributed by atoms with Crippen LogP contribution in [0.15, 0.2) is 30.3 Å². The quantitative estimate of drug-likeness (QED) is 0.760. The Morgan fingerprint density at radius 3 is 2.68 bits per heavy atom. The number of likely N-dealkylation sites (tertiary alicyclic amines) is 1. The van der Waals surface area contributed by atoms with Crippen LogP contribution < -0.4 is 10.5 Å². The van der Waals surface area contributed by atoms with Gasteiger partial charge in [-0.1, -0.05) is 32.0 Å². The van der Waals surface area contributed by atoms with E-state index in [9.17, 15) is 4.79 Å². The number of fused-ring (bicyclic) bond motifs is 1. The summed E-state index contributed by atoms with van der Waals surface area (Å²) in [4.78, 5) is 31.3. The molecule has 28 heavy (non-hydrogen) atoms. The zero-order valence-corrected chi connectivity index (χ0v) is 16.0. The number of hydrogen-bond acceptors (Lipinski definition) is 6. The van der Waals surface area contributed by atoms with Crippen LogP contribution in [0.2, 0.25) is 0 Å². The van der Waals surface area contributed by atoms with Crippen molar-refractivity contribution in [2.24, 2.45) is 5.41 Å². The molecule has 8 heteroatoms. The van der Waals surface area contributed by atoms with E-state index in [0.717, 1.165) is 17.9 Å². The number of nitrogens with two attached hydrogens (primary N) is 1. The van der Waals surface area contributed by atoms with Crippen LogP contribution in [-0.2, 0) is 11.2 Å². The molecule has 148 valence electrons. The summed E-state index contributed by atoms with van der Waals surface area (Å²) >= 11 is 0. The summed E-state index contributed by atoms with van der Waals surface area (Å²) in [6.45, 7) is 5.80. The van der Waals surface area contributed by atoms with Gasteiger partial charge in [0, 0.05) is 24.2 Å². The van der Waals surface area contributed by atoms with E-state index in [1.807, 2.05) is 36.9 Å². The molecule has 1 fully saturated rings. The Hall–Kier alpha value is -3.16. The zero-order valence-electron chi connectivity index (χ0n) is 16.0. The first-order chi connectivity index (χ1) is 13.4. The fourth-order valence-electron chi connectivity index (χ4n) is 3.64. The van der Waals surface area contributed by atoms with Gasteiger partial charge >= 0.3 is 0 Å². The molecule has 1 saturated heterocycles. The predicted octanol–water partition coefficient (Wildman–Crippen LogP) is 1.96. The van der Waals surface area contributed by atoms with Gasteiger partial charge in [-0.3, -0.25) is 9.59 Å². The highest BCUT2D eigenvalue weighted by molar-refractivity contribution is 5.93. The third-order valence-electron chi connectivity index (χ3n) is 4.99. The number of ether oxygens (including phenoxy) is 1. The second-order valence-electron chi connectivity index (χ2n) is 7.53. The Labute approximate surface area is 163 Å². The molecule has 3 heterocycles. The van der Waals surface area contributed by atoms with Gasteiger partial charge in [0.15, 0.2) is 0 Å². The summed E-state index contributed by atoms with van der Waals surface area (Å²) in [6, 6.07) is 9.86. The molecular weight excluding hydrogens is 360 g/mol. The lowest BCUT2D eigenvalue weighted by Gasteiger charge is -2.51. The van der Waals surface area contributed by atoms with Crippen LogP contribution in [0.25, 0.3) is 0 Å². The number of carbonyl (C=O) groups excluding carboxylic acids is 1. The van der Waals surface area contributed by atoms with Crippen molar-refractivity contribution in [2.75, 3.05) is 25.4 Å². The second-order valence-corrected chi connectivity index (χ2v) is 7.53. The summed E-state index contributed by atoms with van der Waals surface area (Å²) in [5.41, 5.74) is 8.18. The van der Waals surface area contributed by atoms with Gasteiger partial charge in [-0.25, -0.2) is 9.97 Å². The highest BCUT2D eigenvalue weighted by Crippen LogP contribution is 2.41. The Bertz CT molecular complexity index is 878. The molecule has 2 aliphatic heterocycles. The number of nitrogen functional groups attached to an aromatic ring is 1. The number of amides is 1. The molecule has 1 aromatic heterocycles. The molecular formula is C20H24N4O4. The highest BCUT2D eigenvalue weighted by Gasteiger charge is 2.48. The normalized spacial score (nSPS) is 16.3. The largest absolute Gasteiger partial charge is 0.493 e. The smallest absolute Gasteiger partial charge is 0.290 e. The number of aromatic nitrogens is 2. The zero-order chi connectivity index (χ0) is 20.3. The summed E-state index contributed by atoms with van der Waals surface area (Å²) < 4.78 is 5.90. The van der Waals surface area contributed by atoms with Gasteiger partial charge < -0.3 is 20.5 Å². The Balaban J connectivity index is 0.000000706. The average molecular weight is 384 g/mol. The maximum atomic E-state index is 12.8. The SMILES string of the molecule is CC(C)c1cc(C(=O)N2CC3(COc4ccccc4C3)C2)nc(N)n1.O=CO. The van der Waals surface area contributed by atoms with Crippen molar-refractivity contribution in [1.82, 2.24) is 14.9 Å². The van der Waals surface area contributed by atoms with Crippen LogP contribution >= 0.6 is 0 Å². The molecule has 0 saturated carbocycles. The van der Waals surface area contributed by atoms with E-state index in [-0.39, 0.29) is 29.7 Å². The summed E-state index contributed by atoms with van der Waals surface area (Å²) in [5.74, 6) is 1.23. The molecule has 8 nitrogen and oxygen atoms in total. The van der Waals surface area contributed by atoms with E-state index >= 15 is 0 Å². The van der Waals surface area contributed by atoms with E-state index in [2.05, 4.69) is 16.0 Å². The summed E-state index contributed by atoms with van der Waals surface area (Å²) in [5, 5.41) is 6.89. The molecule has 2 aliphatic rings. The molecule has 3 N–H and O–H groups in total. The third-order valence-corrected chi connectivity index (χ3v) is 4.99. The van der Waals surface area contributed by atoms with Gasteiger partial charge in [0.05, 0.1) is 6.61 Å². The minimum Gasteiger partial charge on any atom is -0.493 e. The maximum absolute atomic E-state index is 12.8. The second kappa shape index (κ2) is 7.84. The fourth-order valence-corrected chi connectivity index (χ4v) is 3.64. The molecule has 1 spiro atoms. The minimum absolute atomic E-state index is 0.0173. The summed E-state index contributed by atoms with van der Waals surface area (Å²) in [7, 11) is 0. The number of nitrogens with zero attached hydrogens (tertiary/aromatic N) is 3. The van der Waals surface area contributed by atoms with Crippen molar-refractivity contribution in [1.29, 1.82) is 0 Å². The van der Waals surface area contributed by atoms with E-state index in [1.165, 1.54) is 5.56 Å². The van der Waals surface area contributed by atoms with Gasteiger partial charge in [0.25, 0.3) is 12.4 Å². The van der Waals surface area contributed by atoms with Gasteiger partial charge in [-0.2, -0.15) is 0 Å². The molecule has 0 atom stereocenters. The van der Waals surface area contributed by atoms with Gasteiger partial charge in [-0.15, -0.1) is 0 Å². The van der Waals surface area contributed by atoms with E-state index < -0.39 is 0 Å². The number of rotatable bonds is 2. The van der Waals surface area contributed by atoms with Gasteiger partial charge in [0.1, 0.15) is 11.4 Å². The van der Waals surface area contributed by atoms with E-state index in [1.54, 1.807) is 6.07 Å². The Morgan fingerprint density at radius 1 is 1.32 bits per heavy atom. The lowest BCUT2D eigenvalue weighted by atomic mass is 9.74. The molecule has 0 radical (unpaired) electrons. The van der Waals surface area contributed by atoms with Gasteiger partial charge in [0.2, 0.25) is 5.95 Å². The molecule has 2 aromatic rings. The number of carbonyl (C=O) groups is 2. The maximum Gasteiger partial charge on any atom is 0.290 e. The van der Waals surface area contributed by atoms with Crippen molar-refractivity contribution >= 4 is 18.3 Å². The predicted molar refractivity (Wildman–Crippen MR) is 103 cm³/mol. The number of carboxylic acid groups (broad SMARTS) is 1. The number of benzene rings is 1. The van der Waals surface area contributed by atoms with Gasteiger partial charge in [-0.05, 0) is 30.0 Å². The first-order valence-electron chi connectivity index (χ1n) is 9.10. The molecule has 1 amide bonds. The number of hydrogen-bond donors (Lipinski definition) is 2. The van der Waals surface area contributed by atoms with Crippen molar-refractivity contribution < 1.29 is 19.4 Å². The standard InChI is InChI=1S/C19H22N4O2.CH2O2/c1-12(2)14-7-15(22-18(20)21-14)17(24)23-9-19(10-23)8-13-5-3-4-6-16(13)25-11-19;2-1-3/h3-7,12H,8-11H2,1-2H3,(H2,20,21,22);1H,(H,2,3). The third kappa shape index (κ3) is 3.90. The van der Waals surface area contributed by atoms with Crippen molar-refractivity contribution in [3.05, 3.63) is 47.3 Å². The highest BCUT2D eigenvalue weighted by atomic mass is 16.5. The topological polar surface area (TPSA) is 119 Å². The number of para-hydroxylation sites is 1. The minimum atomic E-state index is -0.250. The van der Waals surface area contributed by atoms with Crippen molar-refractivity contribution in [2.45, 2.75) is 26.2 Å². The van der Waals surface area contributed by atoms with Crippen molar-refractivity contribution in [3.63, 3.8) is 0 Å². The van der Waals surface area contributed by atoms with Crippen LogP contribution in [0, 0.1) is 5.41 Å². The van der Waals surface area contributed by atoms with Crippen LogP contribution in [-0.4, -0.2) is 52.1 Å². The van der Waals surface area contributed by atoms with E-state index in [0.29, 0.717) is 25.4 Å². The fraction of sp³-hybridized carbons (Fsp3) is 0.400. The van der Waals surface area contributed by atoms with Crippen molar-refractivity contribution in [3.8, 4) is 5.75 Å². The number of anilines is 1. The van der Waals surface area contributed by atoms with Crippen LogP contribution in [0.5, 0.6) is 5.75 Å². The lowest BCUT2D eigenvalue weighted by molar-refractivity contribution is -0.122. The molecule has 0 aliphatic carbocycles. The van der Waals surface area contributed by atoms with Crippen LogP contribution in [0.3, 0.4) is 0 Å². The van der Waals surface area contributed by atoms with Crippen LogP contribution in [0.1, 0.15) is 41.5 Å². The first-order valence-corrected chi connectivity index (χ1v) is 9.10. The lowest BCUT2D eigenvalue weighted by Crippen LogP contribution is -2.63. The monoisotopic (exact) mass is 384 g/mol. The molecule has 1 aromatic carbocycles. The first kappa shape index (κ1) is 19.6. The molecule has 0 unspecified atom stereocenters. The molecule has 0 bridgehead atoms. The summed E-state index contributed by atoms with van der Waals surface area (Å²) in [6.07, 6.45) is 0.941. The average Bonchev–Trinajstić information content (AvgIpc) is 2.65. The van der Waals surface area contributed by atoms with Crippen LogP contribution in [0.4, 0.5) is 5.95 Å². The Kier molecular flexibility index (Phi) is 5.48. The van der Waals surface area contributed by atoms with E-state index in [4.69, 9.17) is 20.4 Å². The molecule has 4 rings (SSSR count). The Morgan fingerprint density at radius 2 is 2.00 bits per heavy atom.